The summed E-state index contributed by atoms with van der Waals surface area (Å²) in [5.74, 6) is 2.14. The largest absolute Gasteiger partial charge is 0.494 e. The summed E-state index contributed by atoms with van der Waals surface area (Å²) in [4.78, 5) is 19.1. The molecule has 1 atom stereocenters. The Bertz CT molecular complexity index is 1030. The van der Waals surface area contributed by atoms with Gasteiger partial charge in [0.2, 0.25) is 5.91 Å². The van der Waals surface area contributed by atoms with Crippen molar-refractivity contribution in [2.24, 2.45) is 0 Å². The van der Waals surface area contributed by atoms with E-state index in [1.165, 1.54) is 0 Å². The van der Waals surface area contributed by atoms with Gasteiger partial charge in [-0.05, 0) is 49.2 Å². The number of rotatable bonds is 9. The molecule has 6 heteroatoms. The van der Waals surface area contributed by atoms with Crippen LogP contribution in [-0.4, -0.2) is 40.1 Å². The van der Waals surface area contributed by atoms with Gasteiger partial charge in [-0.2, -0.15) is 0 Å². The molecule has 0 N–H and O–H groups in total. The number of imidazole rings is 1. The average molecular weight is 424 g/mol. The van der Waals surface area contributed by atoms with Crippen molar-refractivity contribution in [3.8, 4) is 5.75 Å². The number of hydrogen-bond acceptors (Lipinski definition) is 3. The Kier molecular flexibility index (Phi) is 6.38. The standard InChI is InChI=1S/C24H26ClN3O2/c1-2-13-27-17-18(16-23(27)29)24-26-21-7-3-4-8-22(21)28(24)14-5-6-15-30-20-11-9-19(25)10-12-20/h2-4,7-12,18H,1,5-6,13-17H2/t18-/m0/s1. The summed E-state index contributed by atoms with van der Waals surface area (Å²) in [6, 6.07) is 15.6. The van der Waals surface area contributed by atoms with Gasteiger partial charge >= 0.3 is 0 Å². The first-order valence-electron chi connectivity index (χ1n) is 10.4. The molecule has 1 saturated heterocycles. The minimum Gasteiger partial charge on any atom is -0.494 e. The average Bonchev–Trinajstić information content (AvgIpc) is 3.30. The summed E-state index contributed by atoms with van der Waals surface area (Å²) in [7, 11) is 0. The van der Waals surface area contributed by atoms with Crippen LogP contribution in [0.5, 0.6) is 5.75 Å². The van der Waals surface area contributed by atoms with Crippen LogP contribution < -0.4 is 4.74 Å². The Morgan fingerprint density at radius 3 is 2.77 bits per heavy atom. The van der Waals surface area contributed by atoms with Crippen molar-refractivity contribution < 1.29 is 9.53 Å². The monoisotopic (exact) mass is 423 g/mol. The molecule has 1 aliphatic rings. The van der Waals surface area contributed by atoms with Gasteiger partial charge in [0.1, 0.15) is 11.6 Å². The van der Waals surface area contributed by atoms with Crippen molar-refractivity contribution in [2.75, 3.05) is 19.7 Å². The lowest BCUT2D eigenvalue weighted by Gasteiger charge is -2.15. The zero-order chi connectivity index (χ0) is 20.9. The first-order valence-corrected chi connectivity index (χ1v) is 10.8. The van der Waals surface area contributed by atoms with Gasteiger partial charge in [0.15, 0.2) is 0 Å². The van der Waals surface area contributed by atoms with Gasteiger partial charge < -0.3 is 14.2 Å². The van der Waals surface area contributed by atoms with Crippen molar-refractivity contribution in [3.63, 3.8) is 0 Å². The summed E-state index contributed by atoms with van der Waals surface area (Å²) in [5, 5.41) is 0.707. The van der Waals surface area contributed by atoms with Crippen molar-refractivity contribution in [1.82, 2.24) is 14.5 Å². The van der Waals surface area contributed by atoms with Gasteiger partial charge in [-0.25, -0.2) is 4.98 Å². The van der Waals surface area contributed by atoms with Crippen LogP contribution >= 0.6 is 11.6 Å². The Labute approximate surface area is 181 Å². The summed E-state index contributed by atoms with van der Waals surface area (Å²) in [6.45, 7) is 6.56. The quantitative estimate of drug-likeness (QED) is 0.357. The van der Waals surface area contributed by atoms with E-state index in [9.17, 15) is 4.79 Å². The number of ether oxygens (including phenoxy) is 1. The van der Waals surface area contributed by atoms with Gasteiger partial charge in [-0.15, -0.1) is 6.58 Å². The molecule has 2 aromatic carbocycles. The number of unbranched alkanes of at least 4 members (excludes halogenated alkanes) is 1. The molecular formula is C24H26ClN3O2. The van der Waals surface area contributed by atoms with E-state index >= 15 is 0 Å². The number of hydrogen-bond donors (Lipinski definition) is 0. The minimum atomic E-state index is 0.121. The van der Waals surface area contributed by atoms with Crippen LogP contribution in [0.15, 0.2) is 61.2 Å². The highest BCUT2D eigenvalue weighted by molar-refractivity contribution is 6.30. The zero-order valence-electron chi connectivity index (χ0n) is 17.0. The van der Waals surface area contributed by atoms with Crippen molar-refractivity contribution in [1.29, 1.82) is 0 Å². The van der Waals surface area contributed by atoms with E-state index in [2.05, 4.69) is 17.2 Å². The van der Waals surface area contributed by atoms with Crippen molar-refractivity contribution >= 4 is 28.5 Å². The Morgan fingerprint density at radius 1 is 1.17 bits per heavy atom. The number of nitrogens with zero attached hydrogens (tertiary/aromatic N) is 3. The van der Waals surface area contributed by atoms with E-state index in [4.69, 9.17) is 21.3 Å². The first-order chi connectivity index (χ1) is 14.7. The smallest absolute Gasteiger partial charge is 0.223 e. The van der Waals surface area contributed by atoms with Gasteiger partial charge in [-0.1, -0.05) is 29.8 Å². The maximum Gasteiger partial charge on any atom is 0.223 e. The SMILES string of the molecule is C=CCN1C[C@@H](c2nc3ccccc3n2CCCCOc2ccc(Cl)cc2)CC1=O. The second-order valence-corrected chi connectivity index (χ2v) is 8.04. The summed E-state index contributed by atoms with van der Waals surface area (Å²) in [5.41, 5.74) is 2.11. The molecular weight excluding hydrogens is 398 g/mol. The highest BCUT2D eigenvalue weighted by Crippen LogP contribution is 2.30. The van der Waals surface area contributed by atoms with Gasteiger partial charge in [0.05, 0.1) is 17.6 Å². The van der Waals surface area contributed by atoms with Crippen LogP contribution in [0, 0.1) is 0 Å². The van der Waals surface area contributed by atoms with E-state index in [1.54, 1.807) is 6.08 Å². The molecule has 0 radical (unpaired) electrons. The van der Waals surface area contributed by atoms with Crippen LogP contribution in [0.4, 0.5) is 0 Å². The Balaban J connectivity index is 1.42. The van der Waals surface area contributed by atoms with Crippen LogP contribution in [0.3, 0.4) is 0 Å². The molecule has 1 aromatic heterocycles. The molecule has 0 spiro atoms. The van der Waals surface area contributed by atoms with Crippen LogP contribution in [0.2, 0.25) is 5.02 Å². The second kappa shape index (κ2) is 9.35. The molecule has 30 heavy (non-hydrogen) atoms. The van der Waals surface area contributed by atoms with Crippen molar-refractivity contribution in [3.05, 3.63) is 72.0 Å². The highest BCUT2D eigenvalue weighted by atomic mass is 35.5. The van der Waals surface area contributed by atoms with Crippen LogP contribution in [0.25, 0.3) is 11.0 Å². The number of aryl methyl sites for hydroxylation is 1. The molecule has 0 saturated carbocycles. The molecule has 5 nitrogen and oxygen atoms in total. The predicted molar refractivity (Wildman–Crippen MR) is 120 cm³/mol. The molecule has 1 fully saturated rings. The van der Waals surface area contributed by atoms with E-state index in [0.29, 0.717) is 31.1 Å². The molecule has 1 amide bonds. The van der Waals surface area contributed by atoms with E-state index in [0.717, 1.165) is 42.0 Å². The second-order valence-electron chi connectivity index (χ2n) is 7.61. The molecule has 0 bridgehead atoms. The third-order valence-electron chi connectivity index (χ3n) is 5.47. The Morgan fingerprint density at radius 2 is 1.97 bits per heavy atom. The predicted octanol–water partition coefficient (Wildman–Crippen LogP) is 5.05. The fourth-order valence-electron chi connectivity index (χ4n) is 4.01. The molecule has 2 heterocycles. The van der Waals surface area contributed by atoms with Gasteiger partial charge in [-0.3, -0.25) is 4.79 Å². The number of carbonyl (C=O) groups excluding carboxylic acids is 1. The fourth-order valence-corrected chi connectivity index (χ4v) is 4.14. The number of likely N-dealkylation sites (tertiary alicyclic amines) is 1. The van der Waals surface area contributed by atoms with E-state index in [-0.39, 0.29) is 11.8 Å². The summed E-state index contributed by atoms with van der Waals surface area (Å²) in [6.07, 6.45) is 4.19. The van der Waals surface area contributed by atoms with Gasteiger partial charge in [0, 0.05) is 37.0 Å². The number of aromatic nitrogens is 2. The van der Waals surface area contributed by atoms with E-state index in [1.807, 2.05) is 47.4 Å². The number of halogens is 1. The third kappa shape index (κ3) is 4.51. The number of fused-ring (bicyclic) bond motifs is 1. The van der Waals surface area contributed by atoms with Crippen LogP contribution in [0.1, 0.15) is 31.0 Å². The lowest BCUT2D eigenvalue weighted by molar-refractivity contribution is -0.127. The topological polar surface area (TPSA) is 47.4 Å². The minimum absolute atomic E-state index is 0.121. The first kappa shape index (κ1) is 20.5. The normalized spacial score (nSPS) is 16.4. The number of para-hydroxylation sites is 2. The number of carbonyl (C=O) groups is 1. The lowest BCUT2D eigenvalue weighted by atomic mass is 10.1. The number of benzene rings is 2. The zero-order valence-corrected chi connectivity index (χ0v) is 17.7. The number of amides is 1. The summed E-state index contributed by atoms with van der Waals surface area (Å²) < 4.78 is 8.09. The molecule has 156 valence electrons. The molecule has 0 unspecified atom stereocenters. The molecule has 4 rings (SSSR count). The molecule has 0 aliphatic carbocycles. The summed E-state index contributed by atoms with van der Waals surface area (Å²) >= 11 is 5.91. The lowest BCUT2D eigenvalue weighted by Crippen LogP contribution is -2.25. The van der Waals surface area contributed by atoms with Crippen LogP contribution in [-0.2, 0) is 11.3 Å². The fraction of sp³-hybridized carbons (Fsp3) is 0.333. The van der Waals surface area contributed by atoms with Crippen molar-refractivity contribution in [2.45, 2.75) is 31.7 Å². The van der Waals surface area contributed by atoms with Gasteiger partial charge in [0.25, 0.3) is 0 Å². The maximum absolute atomic E-state index is 12.3. The molecule has 3 aromatic rings. The van der Waals surface area contributed by atoms with E-state index < -0.39 is 0 Å². The third-order valence-corrected chi connectivity index (χ3v) is 5.72. The maximum atomic E-state index is 12.3. The Hall–Kier alpha value is -2.79. The molecule has 1 aliphatic heterocycles. The highest BCUT2D eigenvalue weighted by Gasteiger charge is 2.33.